The summed E-state index contributed by atoms with van der Waals surface area (Å²) in [7, 11) is 1.37. The molecule has 2 heterocycles. The zero-order valence-electron chi connectivity index (χ0n) is 22.9. The van der Waals surface area contributed by atoms with Crippen LogP contribution in [-0.2, 0) is 11.2 Å². The van der Waals surface area contributed by atoms with E-state index in [-0.39, 0.29) is 48.0 Å². The highest BCUT2D eigenvalue weighted by atomic mass is 19.1. The van der Waals surface area contributed by atoms with Gasteiger partial charge in [-0.15, -0.1) is 0 Å². The quantitative estimate of drug-likeness (QED) is 0.358. The Morgan fingerprint density at radius 1 is 1.20 bits per heavy atom. The summed E-state index contributed by atoms with van der Waals surface area (Å²) in [6.45, 7) is 0.521. The van der Waals surface area contributed by atoms with Crippen molar-refractivity contribution in [2.75, 3.05) is 25.1 Å². The molecule has 2 aliphatic rings. The Bertz CT molecular complexity index is 1580. The van der Waals surface area contributed by atoms with Crippen molar-refractivity contribution >= 4 is 28.3 Å². The zero-order valence-corrected chi connectivity index (χ0v) is 22.9. The first-order valence-corrected chi connectivity index (χ1v) is 13.8. The van der Waals surface area contributed by atoms with Crippen LogP contribution in [0.4, 0.5) is 14.5 Å². The highest BCUT2D eigenvalue weighted by molar-refractivity contribution is 5.97. The van der Waals surface area contributed by atoms with Gasteiger partial charge in [-0.1, -0.05) is 30.3 Å². The molecule has 216 valence electrons. The number of Topliss-reactive ketones (excluding diaryl/α,β-unsaturated/α-hetero) is 1. The number of nitrogens with two attached hydrogens (primary N) is 1. The second-order valence-corrected chi connectivity index (χ2v) is 10.7. The number of pyridine rings is 1. The molecule has 3 aromatic rings. The smallest absolute Gasteiger partial charge is 0.341 e. The van der Waals surface area contributed by atoms with Crippen molar-refractivity contribution in [3.63, 3.8) is 0 Å². The third-order valence-electron chi connectivity index (χ3n) is 7.86. The van der Waals surface area contributed by atoms with Crippen LogP contribution in [-0.4, -0.2) is 47.7 Å². The number of carbonyl (C=O) groups is 2. The van der Waals surface area contributed by atoms with E-state index in [4.69, 9.17) is 10.5 Å². The van der Waals surface area contributed by atoms with Crippen LogP contribution in [0.15, 0.2) is 58.8 Å². The number of hydrogen-bond donors (Lipinski definition) is 2. The number of piperidine rings is 1. The second-order valence-electron chi connectivity index (χ2n) is 10.7. The van der Waals surface area contributed by atoms with Crippen LogP contribution >= 0.6 is 0 Å². The number of rotatable bonds is 10. The number of ether oxygens (including phenoxy) is 1. The van der Waals surface area contributed by atoms with Gasteiger partial charge in [-0.3, -0.25) is 9.59 Å². The summed E-state index contributed by atoms with van der Waals surface area (Å²) >= 11 is 0. The van der Waals surface area contributed by atoms with Crippen molar-refractivity contribution in [1.82, 2.24) is 4.57 Å². The normalized spacial score (nSPS) is 17.4. The van der Waals surface area contributed by atoms with Crippen molar-refractivity contribution in [1.29, 1.82) is 0 Å². The number of carboxylic acids is 1. The molecule has 1 saturated carbocycles. The fourth-order valence-corrected chi connectivity index (χ4v) is 5.59. The summed E-state index contributed by atoms with van der Waals surface area (Å²) in [5, 5.41) is 9.48. The topological polar surface area (TPSA) is 115 Å². The number of aromatic nitrogens is 1. The number of halogens is 2. The van der Waals surface area contributed by atoms with Gasteiger partial charge in [0.2, 0.25) is 5.43 Å². The average Bonchev–Trinajstić information content (AvgIpc) is 3.81. The van der Waals surface area contributed by atoms with Crippen LogP contribution in [0.25, 0.3) is 10.9 Å². The first kappa shape index (κ1) is 28.5. The van der Waals surface area contributed by atoms with Crippen molar-refractivity contribution in [2.45, 2.75) is 57.0 Å². The molecule has 3 N–H and O–H groups in total. The summed E-state index contributed by atoms with van der Waals surface area (Å²) in [4.78, 5) is 39.0. The molecule has 1 aromatic heterocycles. The van der Waals surface area contributed by atoms with Gasteiger partial charge in [0.25, 0.3) is 0 Å². The van der Waals surface area contributed by atoms with Crippen molar-refractivity contribution in [2.24, 2.45) is 5.73 Å². The van der Waals surface area contributed by atoms with Crippen molar-refractivity contribution in [3.05, 3.63) is 81.2 Å². The van der Waals surface area contributed by atoms with Gasteiger partial charge in [0.05, 0.1) is 24.1 Å². The number of methoxy groups -OCH3 is 1. The molecular weight excluding hydrogens is 532 g/mol. The molecule has 5 rings (SSSR count). The van der Waals surface area contributed by atoms with Crippen molar-refractivity contribution in [3.8, 4) is 5.75 Å². The highest BCUT2D eigenvalue weighted by Gasteiger charge is 2.32. The fraction of sp³-hybridized carbons (Fsp3) is 0.387. The third-order valence-corrected chi connectivity index (χ3v) is 7.86. The summed E-state index contributed by atoms with van der Waals surface area (Å²) < 4.78 is 38.4. The number of benzene rings is 2. The van der Waals surface area contributed by atoms with E-state index in [0.29, 0.717) is 36.9 Å². The number of carbonyl (C=O) groups excluding carboxylic acids is 1. The van der Waals surface area contributed by atoms with E-state index in [2.05, 4.69) is 0 Å². The summed E-state index contributed by atoms with van der Waals surface area (Å²) in [6, 6.07) is 9.72. The highest BCUT2D eigenvalue weighted by Crippen LogP contribution is 2.44. The van der Waals surface area contributed by atoms with E-state index in [1.807, 2.05) is 30.3 Å². The molecule has 2 fully saturated rings. The SMILES string of the molecule is COc1c(N2CCC/C(=C(\F)CCC(=O)[C@@H](N)Cc3ccccc3)C2)c(F)cc2c(=O)c(C(=O)O)cn(C3CC3)c12. The lowest BCUT2D eigenvalue weighted by atomic mass is 9.97. The number of fused-ring (bicyclic) bond motifs is 1. The molecule has 0 amide bonds. The Hall–Kier alpha value is -4.05. The van der Waals surface area contributed by atoms with Crippen LogP contribution < -0.4 is 20.8 Å². The molecule has 0 radical (unpaired) electrons. The van der Waals surface area contributed by atoms with Gasteiger partial charge >= 0.3 is 5.97 Å². The lowest BCUT2D eigenvalue weighted by molar-refractivity contribution is -0.120. The fourth-order valence-electron chi connectivity index (χ4n) is 5.59. The lowest BCUT2D eigenvalue weighted by Gasteiger charge is -2.33. The Morgan fingerprint density at radius 3 is 2.59 bits per heavy atom. The monoisotopic (exact) mass is 565 g/mol. The van der Waals surface area contributed by atoms with E-state index < -0.39 is 34.6 Å². The van der Waals surface area contributed by atoms with Crippen LogP contribution in [0.3, 0.4) is 0 Å². The maximum absolute atomic E-state index is 15.7. The molecule has 1 atom stereocenters. The number of allylic oxidation sites excluding steroid dienone is 1. The van der Waals surface area contributed by atoms with E-state index >= 15 is 8.78 Å². The Kier molecular flexibility index (Phi) is 8.21. The number of nitrogens with zero attached hydrogens (tertiary/aromatic N) is 2. The summed E-state index contributed by atoms with van der Waals surface area (Å²) in [5.41, 5.74) is 6.70. The number of ketones is 1. The number of hydrogen-bond acceptors (Lipinski definition) is 6. The van der Waals surface area contributed by atoms with Gasteiger partial charge in [-0.2, -0.15) is 0 Å². The first-order chi connectivity index (χ1) is 19.7. The summed E-state index contributed by atoms with van der Waals surface area (Å²) in [5.74, 6) is -2.64. The molecular formula is C31H33F2N3O5. The summed E-state index contributed by atoms with van der Waals surface area (Å²) in [6.07, 6.45) is 4.18. The Labute approximate surface area is 236 Å². The molecule has 41 heavy (non-hydrogen) atoms. The van der Waals surface area contributed by atoms with Gasteiger partial charge in [-0.25, -0.2) is 13.6 Å². The number of anilines is 1. The largest absolute Gasteiger partial charge is 0.492 e. The van der Waals surface area contributed by atoms with E-state index in [0.717, 1.165) is 24.5 Å². The minimum absolute atomic E-state index is 0.0246. The van der Waals surface area contributed by atoms with Gasteiger partial charge in [0, 0.05) is 38.2 Å². The van der Waals surface area contributed by atoms with Gasteiger partial charge in [0.1, 0.15) is 22.9 Å². The lowest BCUT2D eigenvalue weighted by Crippen LogP contribution is -2.33. The minimum Gasteiger partial charge on any atom is -0.492 e. The van der Waals surface area contributed by atoms with Crippen LogP contribution in [0.1, 0.15) is 60.5 Å². The first-order valence-electron chi connectivity index (χ1n) is 13.8. The van der Waals surface area contributed by atoms with Gasteiger partial charge in [-0.05, 0) is 49.3 Å². The molecule has 0 bridgehead atoms. The second kappa shape index (κ2) is 11.8. The molecule has 10 heteroatoms. The van der Waals surface area contributed by atoms with Crippen LogP contribution in [0.5, 0.6) is 5.75 Å². The standard InChI is InChI=1S/C31H33F2N3O5/c1-41-30-27-21(29(38)22(31(39)40)17-36(27)20-9-10-20)15-24(33)28(30)35-13-5-8-19(16-35)23(32)11-12-26(37)25(34)14-18-6-3-2-4-7-18/h2-4,6-7,15,17,20,25H,5,8-14,16,34H2,1H3,(H,39,40)/b23-19+/t25-/m0/s1. The minimum atomic E-state index is -1.38. The van der Waals surface area contributed by atoms with E-state index in [9.17, 15) is 19.5 Å². The zero-order chi connectivity index (χ0) is 29.3. The average molecular weight is 566 g/mol. The maximum Gasteiger partial charge on any atom is 0.341 e. The third kappa shape index (κ3) is 5.88. The molecule has 0 spiro atoms. The maximum atomic E-state index is 15.7. The van der Waals surface area contributed by atoms with E-state index in [1.54, 1.807) is 9.47 Å². The Balaban J connectivity index is 1.41. The Morgan fingerprint density at radius 2 is 1.93 bits per heavy atom. The molecule has 1 aliphatic heterocycles. The molecule has 1 aliphatic carbocycles. The van der Waals surface area contributed by atoms with Gasteiger partial charge < -0.3 is 25.0 Å². The molecule has 1 saturated heterocycles. The van der Waals surface area contributed by atoms with Crippen molar-refractivity contribution < 1.29 is 28.2 Å². The molecule has 0 unspecified atom stereocenters. The predicted octanol–water partition coefficient (Wildman–Crippen LogP) is 4.93. The van der Waals surface area contributed by atoms with Gasteiger partial charge in [0.15, 0.2) is 11.6 Å². The van der Waals surface area contributed by atoms with Crippen LogP contribution in [0.2, 0.25) is 0 Å². The number of aromatic carboxylic acids is 1. The molecule has 8 nitrogen and oxygen atoms in total. The van der Waals surface area contributed by atoms with Crippen LogP contribution in [0, 0.1) is 5.82 Å². The van der Waals surface area contributed by atoms with E-state index in [1.165, 1.54) is 13.3 Å². The predicted molar refractivity (Wildman–Crippen MR) is 152 cm³/mol. The molecule has 2 aromatic carbocycles. The number of carboxylic acid groups (broad SMARTS) is 1.